The molecule has 84 valence electrons. The molecule has 0 radical (unpaired) electrons. The number of fused-ring (bicyclic) bond motifs is 1. The Bertz CT molecular complexity index is 295. The Morgan fingerprint density at radius 2 is 2.40 bits per heavy atom. The fraction of sp³-hybridized carbons (Fsp3) is 0.727. The van der Waals surface area contributed by atoms with E-state index in [0.717, 1.165) is 12.8 Å². The number of carbonyl (C=O) groups is 1. The Morgan fingerprint density at radius 3 is 3.13 bits per heavy atom. The lowest BCUT2D eigenvalue weighted by molar-refractivity contribution is -0.150. The summed E-state index contributed by atoms with van der Waals surface area (Å²) in [6.07, 6.45) is 1.65. The molecule has 4 heteroatoms. The molecule has 0 aromatic carbocycles. The summed E-state index contributed by atoms with van der Waals surface area (Å²) >= 11 is 0. The van der Waals surface area contributed by atoms with E-state index in [1.807, 2.05) is 0 Å². The second-order valence-electron chi connectivity index (χ2n) is 3.80. The molecule has 0 N–H and O–H groups in total. The molecule has 0 aromatic rings. The van der Waals surface area contributed by atoms with E-state index >= 15 is 0 Å². The van der Waals surface area contributed by atoms with Crippen LogP contribution in [-0.4, -0.2) is 25.5 Å². The molecule has 2 rings (SSSR count). The van der Waals surface area contributed by atoms with Gasteiger partial charge in [-0.3, -0.25) is 0 Å². The molecule has 2 atom stereocenters. The minimum Gasteiger partial charge on any atom is -0.468 e. The van der Waals surface area contributed by atoms with Crippen molar-refractivity contribution in [3.63, 3.8) is 0 Å². The average Bonchev–Trinajstić information content (AvgIpc) is 2.54. The number of hydrogen-bond acceptors (Lipinski definition) is 4. The monoisotopic (exact) mass is 212 g/mol. The molecule has 15 heavy (non-hydrogen) atoms. The van der Waals surface area contributed by atoms with Crippen LogP contribution >= 0.6 is 0 Å². The predicted molar refractivity (Wildman–Crippen MR) is 52.9 cm³/mol. The standard InChI is InChI=1S/C11H16O4/c1-3-13-10(12)9-7(2)15-11-8(9)5-4-6-14-11/h8,11H,3-6H2,1-2H3/t8-,11+/m0/s1. The van der Waals surface area contributed by atoms with Gasteiger partial charge in [0.25, 0.3) is 0 Å². The first-order valence-electron chi connectivity index (χ1n) is 5.40. The quantitative estimate of drug-likeness (QED) is 0.652. The maximum Gasteiger partial charge on any atom is 0.337 e. The summed E-state index contributed by atoms with van der Waals surface area (Å²) in [5.74, 6) is 0.469. The Hall–Kier alpha value is -1.03. The normalized spacial score (nSPS) is 29.7. The number of allylic oxidation sites excluding steroid dienone is 1. The highest BCUT2D eigenvalue weighted by Gasteiger charge is 2.41. The first kappa shape index (κ1) is 10.5. The third-order valence-corrected chi connectivity index (χ3v) is 2.81. The number of hydrogen-bond donors (Lipinski definition) is 0. The van der Waals surface area contributed by atoms with E-state index in [4.69, 9.17) is 14.2 Å². The topological polar surface area (TPSA) is 44.8 Å². The van der Waals surface area contributed by atoms with Crippen LogP contribution in [0.2, 0.25) is 0 Å². The largest absolute Gasteiger partial charge is 0.468 e. The molecule has 0 amide bonds. The highest BCUT2D eigenvalue weighted by molar-refractivity contribution is 5.90. The summed E-state index contributed by atoms with van der Waals surface area (Å²) < 4.78 is 16.0. The van der Waals surface area contributed by atoms with Crippen molar-refractivity contribution in [2.75, 3.05) is 13.2 Å². The fourth-order valence-electron chi connectivity index (χ4n) is 2.15. The van der Waals surface area contributed by atoms with Crippen molar-refractivity contribution in [1.29, 1.82) is 0 Å². The van der Waals surface area contributed by atoms with E-state index in [-0.39, 0.29) is 18.2 Å². The summed E-state index contributed by atoms with van der Waals surface area (Å²) in [7, 11) is 0. The van der Waals surface area contributed by atoms with Gasteiger partial charge in [0.05, 0.1) is 24.7 Å². The minimum atomic E-state index is -0.266. The van der Waals surface area contributed by atoms with Gasteiger partial charge in [0.2, 0.25) is 6.29 Å². The van der Waals surface area contributed by atoms with Crippen molar-refractivity contribution in [3.05, 3.63) is 11.3 Å². The van der Waals surface area contributed by atoms with Crippen LogP contribution in [0, 0.1) is 5.92 Å². The predicted octanol–water partition coefficient (Wildman–Crippen LogP) is 1.61. The van der Waals surface area contributed by atoms with Gasteiger partial charge >= 0.3 is 5.97 Å². The van der Waals surface area contributed by atoms with Gasteiger partial charge < -0.3 is 14.2 Å². The summed E-state index contributed by atoms with van der Waals surface area (Å²) in [6.45, 7) is 4.71. The Labute approximate surface area is 89.2 Å². The van der Waals surface area contributed by atoms with Crippen molar-refractivity contribution in [1.82, 2.24) is 0 Å². The molecule has 1 saturated heterocycles. The van der Waals surface area contributed by atoms with Crippen LogP contribution < -0.4 is 0 Å². The lowest BCUT2D eigenvalue weighted by atomic mass is 9.93. The molecular weight excluding hydrogens is 196 g/mol. The fourth-order valence-corrected chi connectivity index (χ4v) is 2.15. The van der Waals surface area contributed by atoms with Gasteiger partial charge in [-0.05, 0) is 26.7 Å². The zero-order chi connectivity index (χ0) is 10.8. The third-order valence-electron chi connectivity index (χ3n) is 2.81. The van der Waals surface area contributed by atoms with Crippen molar-refractivity contribution >= 4 is 5.97 Å². The highest BCUT2D eigenvalue weighted by atomic mass is 16.7. The van der Waals surface area contributed by atoms with Crippen LogP contribution in [0.4, 0.5) is 0 Å². The van der Waals surface area contributed by atoms with E-state index in [2.05, 4.69) is 0 Å². The molecule has 2 aliphatic heterocycles. The number of esters is 1. The maximum absolute atomic E-state index is 11.7. The van der Waals surface area contributed by atoms with Crippen LogP contribution in [-0.2, 0) is 19.0 Å². The van der Waals surface area contributed by atoms with Gasteiger partial charge in [0, 0.05) is 0 Å². The van der Waals surface area contributed by atoms with Crippen LogP contribution in [0.5, 0.6) is 0 Å². The van der Waals surface area contributed by atoms with Crippen molar-refractivity contribution < 1.29 is 19.0 Å². The van der Waals surface area contributed by atoms with E-state index in [1.54, 1.807) is 13.8 Å². The average molecular weight is 212 g/mol. The lowest BCUT2D eigenvalue weighted by Gasteiger charge is -2.25. The van der Waals surface area contributed by atoms with Crippen LogP contribution in [0.25, 0.3) is 0 Å². The zero-order valence-corrected chi connectivity index (χ0v) is 9.12. The second kappa shape index (κ2) is 4.23. The molecule has 0 aliphatic carbocycles. The lowest BCUT2D eigenvalue weighted by Crippen LogP contribution is -2.30. The molecular formula is C11H16O4. The SMILES string of the molecule is CCOC(=O)C1=C(C)O[C@H]2OCCC[C@@H]12. The Morgan fingerprint density at radius 1 is 1.60 bits per heavy atom. The maximum atomic E-state index is 11.7. The summed E-state index contributed by atoms with van der Waals surface area (Å²) in [4.78, 5) is 11.7. The molecule has 2 heterocycles. The first-order chi connectivity index (χ1) is 7.24. The van der Waals surface area contributed by atoms with Crippen molar-refractivity contribution in [2.24, 2.45) is 5.92 Å². The van der Waals surface area contributed by atoms with Crippen LogP contribution in [0.3, 0.4) is 0 Å². The minimum absolute atomic E-state index is 0.0674. The van der Waals surface area contributed by atoms with Gasteiger partial charge in [-0.2, -0.15) is 0 Å². The van der Waals surface area contributed by atoms with E-state index in [1.165, 1.54) is 0 Å². The number of ether oxygens (including phenoxy) is 3. The van der Waals surface area contributed by atoms with E-state index in [9.17, 15) is 4.79 Å². The zero-order valence-electron chi connectivity index (χ0n) is 9.12. The Kier molecular flexibility index (Phi) is 2.95. The van der Waals surface area contributed by atoms with Crippen molar-refractivity contribution in [3.8, 4) is 0 Å². The highest BCUT2D eigenvalue weighted by Crippen LogP contribution is 2.38. The summed E-state index contributed by atoms with van der Waals surface area (Å²) in [5.41, 5.74) is 0.668. The van der Waals surface area contributed by atoms with Gasteiger partial charge in [-0.15, -0.1) is 0 Å². The second-order valence-corrected chi connectivity index (χ2v) is 3.80. The van der Waals surface area contributed by atoms with Gasteiger partial charge in [0.15, 0.2) is 0 Å². The smallest absolute Gasteiger partial charge is 0.337 e. The molecule has 1 fully saturated rings. The number of rotatable bonds is 2. The first-order valence-corrected chi connectivity index (χ1v) is 5.40. The van der Waals surface area contributed by atoms with Gasteiger partial charge in [0.1, 0.15) is 5.76 Å². The molecule has 0 bridgehead atoms. The Balaban J connectivity index is 2.14. The third kappa shape index (κ3) is 1.86. The number of carbonyl (C=O) groups excluding carboxylic acids is 1. The molecule has 0 spiro atoms. The van der Waals surface area contributed by atoms with Crippen LogP contribution in [0.1, 0.15) is 26.7 Å². The molecule has 4 nitrogen and oxygen atoms in total. The summed E-state index contributed by atoms with van der Waals surface area (Å²) in [5, 5.41) is 0. The van der Waals surface area contributed by atoms with Crippen LogP contribution in [0.15, 0.2) is 11.3 Å². The molecule has 0 unspecified atom stereocenters. The van der Waals surface area contributed by atoms with E-state index < -0.39 is 0 Å². The van der Waals surface area contributed by atoms with Crippen molar-refractivity contribution in [2.45, 2.75) is 33.0 Å². The molecule has 0 saturated carbocycles. The molecule has 0 aromatic heterocycles. The van der Waals surface area contributed by atoms with Gasteiger partial charge in [-0.25, -0.2) is 4.79 Å². The summed E-state index contributed by atoms with van der Waals surface area (Å²) in [6, 6.07) is 0. The molecule has 2 aliphatic rings. The van der Waals surface area contributed by atoms with E-state index in [0.29, 0.717) is 24.5 Å². The van der Waals surface area contributed by atoms with Gasteiger partial charge in [-0.1, -0.05) is 0 Å².